The number of nitrogens with one attached hydrogen (secondary N) is 1. The Hall–Kier alpha value is -2.03. The molecule has 0 fully saturated rings. The largest absolute Gasteiger partial charge is 0.456 e. The summed E-state index contributed by atoms with van der Waals surface area (Å²) in [4.78, 5) is 0. The lowest BCUT2D eigenvalue weighted by molar-refractivity contribution is 0.481. The molecule has 0 saturated heterocycles. The Labute approximate surface area is 131 Å². The van der Waals surface area contributed by atoms with Crippen molar-refractivity contribution in [3.8, 4) is 11.5 Å². The molecule has 0 unspecified atom stereocenters. The fourth-order valence-electron chi connectivity index (χ4n) is 2.35. The van der Waals surface area contributed by atoms with Gasteiger partial charge in [-0.3, -0.25) is 0 Å². The molecule has 1 heterocycles. The Morgan fingerprint density at radius 3 is 2.52 bits per heavy atom. The highest BCUT2D eigenvalue weighted by molar-refractivity contribution is 5.88. The van der Waals surface area contributed by atoms with Crippen LogP contribution in [-0.4, -0.2) is 13.1 Å². The average Bonchev–Trinajstić information content (AvgIpc) is 2.64. The lowest BCUT2D eigenvalue weighted by Crippen LogP contribution is -2.16. The first kappa shape index (κ1) is 15.4. The summed E-state index contributed by atoms with van der Waals surface area (Å²) in [5.74, 6) is 1.81. The molecule has 1 aliphatic heterocycles. The number of hydrogen-bond acceptors (Lipinski definition) is 2. The zero-order valence-electron chi connectivity index (χ0n) is 11.7. The Kier molecular flexibility index (Phi) is 5.20. The van der Waals surface area contributed by atoms with Gasteiger partial charge in [-0.1, -0.05) is 42.5 Å². The van der Waals surface area contributed by atoms with E-state index < -0.39 is 0 Å². The lowest BCUT2D eigenvalue weighted by Gasteiger charge is -2.11. The Morgan fingerprint density at radius 1 is 1.00 bits per heavy atom. The van der Waals surface area contributed by atoms with Crippen LogP contribution >= 0.6 is 12.4 Å². The van der Waals surface area contributed by atoms with E-state index >= 15 is 0 Å². The van der Waals surface area contributed by atoms with Gasteiger partial charge in [0.2, 0.25) is 0 Å². The number of ether oxygens (including phenoxy) is 1. The maximum absolute atomic E-state index is 6.04. The third kappa shape index (κ3) is 3.35. The molecule has 0 aromatic heterocycles. The molecule has 0 saturated carbocycles. The van der Waals surface area contributed by atoms with E-state index in [0.717, 1.165) is 35.7 Å². The number of benzene rings is 2. The Bertz CT molecular complexity index is 664. The van der Waals surface area contributed by atoms with E-state index in [0.29, 0.717) is 0 Å². The lowest BCUT2D eigenvalue weighted by atomic mass is 10.0. The molecule has 108 valence electrons. The SMILES string of the molecule is C=CCNCC1=Cc2ccccc2Oc2ccccc21.Cl. The van der Waals surface area contributed by atoms with Gasteiger partial charge in [0.1, 0.15) is 11.5 Å². The topological polar surface area (TPSA) is 21.3 Å². The molecule has 0 aliphatic carbocycles. The third-order valence-corrected chi connectivity index (χ3v) is 3.31. The van der Waals surface area contributed by atoms with Gasteiger partial charge in [-0.05, 0) is 23.8 Å². The van der Waals surface area contributed by atoms with Crippen molar-refractivity contribution in [3.63, 3.8) is 0 Å². The van der Waals surface area contributed by atoms with Crippen LogP contribution in [0.2, 0.25) is 0 Å². The summed E-state index contributed by atoms with van der Waals surface area (Å²) < 4.78 is 6.04. The molecule has 3 rings (SSSR count). The van der Waals surface area contributed by atoms with Crippen molar-refractivity contribution in [2.24, 2.45) is 0 Å². The highest BCUT2D eigenvalue weighted by Gasteiger charge is 2.15. The number of halogens is 1. The standard InChI is InChI=1S/C18H17NO.ClH/c1-2-11-19-13-15-12-14-7-3-5-9-17(14)20-18-10-6-4-8-16(15)18;/h2-10,12,19H,1,11,13H2;1H. The normalized spacial score (nSPS) is 11.9. The molecular weight excluding hydrogens is 282 g/mol. The number of para-hydroxylation sites is 2. The second-order valence-electron chi connectivity index (χ2n) is 4.73. The van der Waals surface area contributed by atoms with Crippen molar-refractivity contribution < 1.29 is 4.74 Å². The monoisotopic (exact) mass is 299 g/mol. The number of fused-ring (bicyclic) bond motifs is 2. The van der Waals surface area contributed by atoms with Crippen LogP contribution in [0.3, 0.4) is 0 Å². The summed E-state index contributed by atoms with van der Waals surface area (Å²) in [7, 11) is 0. The molecule has 0 spiro atoms. The summed E-state index contributed by atoms with van der Waals surface area (Å²) in [6.07, 6.45) is 4.06. The van der Waals surface area contributed by atoms with Crippen LogP contribution in [0.25, 0.3) is 11.6 Å². The van der Waals surface area contributed by atoms with Gasteiger partial charge >= 0.3 is 0 Å². The quantitative estimate of drug-likeness (QED) is 0.661. The molecule has 0 bridgehead atoms. The maximum Gasteiger partial charge on any atom is 0.135 e. The third-order valence-electron chi connectivity index (χ3n) is 3.31. The van der Waals surface area contributed by atoms with Crippen LogP contribution in [0.5, 0.6) is 11.5 Å². The van der Waals surface area contributed by atoms with Gasteiger partial charge in [-0.15, -0.1) is 19.0 Å². The van der Waals surface area contributed by atoms with Crippen molar-refractivity contribution in [3.05, 3.63) is 72.3 Å². The first-order valence-corrected chi connectivity index (χ1v) is 6.77. The summed E-state index contributed by atoms with van der Waals surface area (Å²) in [6, 6.07) is 16.3. The molecule has 1 aliphatic rings. The van der Waals surface area contributed by atoms with Gasteiger partial charge in [0.25, 0.3) is 0 Å². The van der Waals surface area contributed by atoms with Crippen LogP contribution < -0.4 is 10.1 Å². The van der Waals surface area contributed by atoms with E-state index in [2.05, 4.69) is 30.1 Å². The van der Waals surface area contributed by atoms with Gasteiger partial charge in [0.05, 0.1) is 0 Å². The van der Waals surface area contributed by atoms with Gasteiger partial charge in [-0.25, -0.2) is 0 Å². The first-order chi connectivity index (χ1) is 9.88. The summed E-state index contributed by atoms with van der Waals surface area (Å²) in [5, 5.41) is 3.36. The molecule has 2 aromatic rings. The Morgan fingerprint density at radius 2 is 1.71 bits per heavy atom. The first-order valence-electron chi connectivity index (χ1n) is 6.77. The second-order valence-corrected chi connectivity index (χ2v) is 4.73. The zero-order chi connectivity index (χ0) is 13.8. The van der Waals surface area contributed by atoms with Gasteiger partial charge < -0.3 is 10.1 Å². The van der Waals surface area contributed by atoms with Crippen molar-refractivity contribution >= 4 is 24.1 Å². The van der Waals surface area contributed by atoms with E-state index in [1.165, 1.54) is 5.57 Å². The fraction of sp³-hybridized carbons (Fsp3) is 0.111. The van der Waals surface area contributed by atoms with E-state index in [4.69, 9.17) is 4.74 Å². The van der Waals surface area contributed by atoms with Crippen molar-refractivity contribution in [2.45, 2.75) is 0 Å². The number of rotatable bonds is 4. The summed E-state index contributed by atoms with van der Waals surface area (Å²) >= 11 is 0. The van der Waals surface area contributed by atoms with Crippen LogP contribution in [-0.2, 0) is 0 Å². The van der Waals surface area contributed by atoms with Gasteiger partial charge in [-0.2, -0.15) is 0 Å². The molecular formula is C18H18ClNO. The van der Waals surface area contributed by atoms with E-state index in [1.807, 2.05) is 42.5 Å². The van der Waals surface area contributed by atoms with E-state index in [9.17, 15) is 0 Å². The smallest absolute Gasteiger partial charge is 0.135 e. The molecule has 21 heavy (non-hydrogen) atoms. The van der Waals surface area contributed by atoms with Crippen molar-refractivity contribution in [1.82, 2.24) is 5.32 Å². The average molecular weight is 300 g/mol. The van der Waals surface area contributed by atoms with Crippen LogP contribution in [0, 0.1) is 0 Å². The van der Waals surface area contributed by atoms with E-state index in [-0.39, 0.29) is 12.4 Å². The predicted molar refractivity (Wildman–Crippen MR) is 91.1 cm³/mol. The fourth-order valence-corrected chi connectivity index (χ4v) is 2.35. The highest BCUT2D eigenvalue weighted by Crippen LogP contribution is 2.37. The second kappa shape index (κ2) is 7.11. The van der Waals surface area contributed by atoms with Gasteiger partial charge in [0, 0.05) is 24.2 Å². The predicted octanol–water partition coefficient (Wildman–Crippen LogP) is 4.53. The zero-order valence-corrected chi connectivity index (χ0v) is 12.5. The highest BCUT2D eigenvalue weighted by atomic mass is 35.5. The molecule has 0 amide bonds. The minimum atomic E-state index is 0. The molecule has 1 N–H and O–H groups in total. The summed E-state index contributed by atoms with van der Waals surface area (Å²) in [6.45, 7) is 5.32. The van der Waals surface area contributed by atoms with Crippen LogP contribution in [0.15, 0.2) is 61.2 Å². The number of hydrogen-bond donors (Lipinski definition) is 1. The van der Waals surface area contributed by atoms with E-state index in [1.54, 1.807) is 0 Å². The Balaban J connectivity index is 0.00000161. The minimum absolute atomic E-state index is 0. The molecule has 3 heteroatoms. The van der Waals surface area contributed by atoms with Crippen molar-refractivity contribution in [1.29, 1.82) is 0 Å². The summed E-state index contributed by atoms with van der Waals surface area (Å²) in [5.41, 5.74) is 3.48. The van der Waals surface area contributed by atoms with Gasteiger partial charge in [0.15, 0.2) is 0 Å². The molecule has 2 aromatic carbocycles. The van der Waals surface area contributed by atoms with Crippen LogP contribution in [0.4, 0.5) is 0 Å². The van der Waals surface area contributed by atoms with Crippen LogP contribution in [0.1, 0.15) is 11.1 Å². The molecule has 2 nitrogen and oxygen atoms in total. The molecule has 0 radical (unpaired) electrons. The maximum atomic E-state index is 6.04. The minimum Gasteiger partial charge on any atom is -0.456 e. The molecule has 0 atom stereocenters. The van der Waals surface area contributed by atoms with Crippen molar-refractivity contribution in [2.75, 3.05) is 13.1 Å².